The number of likely N-dealkylation sites (N-methyl/N-ethyl adjacent to an activating group) is 1. The van der Waals surface area contributed by atoms with Crippen LogP contribution in [0, 0.1) is 5.92 Å². The van der Waals surface area contributed by atoms with Gasteiger partial charge in [0, 0.05) is 30.3 Å². The Morgan fingerprint density at radius 2 is 2.10 bits per heavy atom. The van der Waals surface area contributed by atoms with Crippen molar-refractivity contribution in [1.29, 1.82) is 0 Å². The van der Waals surface area contributed by atoms with Crippen molar-refractivity contribution in [2.24, 2.45) is 5.92 Å². The summed E-state index contributed by atoms with van der Waals surface area (Å²) in [6.45, 7) is 6.03. The molecule has 1 rings (SSSR count). The van der Waals surface area contributed by atoms with Gasteiger partial charge in [-0.3, -0.25) is 4.79 Å². The van der Waals surface area contributed by atoms with Crippen molar-refractivity contribution in [2.75, 3.05) is 32.1 Å². The summed E-state index contributed by atoms with van der Waals surface area (Å²) < 4.78 is 1.02. The van der Waals surface area contributed by atoms with Gasteiger partial charge in [-0.05, 0) is 30.7 Å². The second-order valence-corrected chi connectivity index (χ2v) is 6.27. The summed E-state index contributed by atoms with van der Waals surface area (Å²) in [4.78, 5) is 13.9. The molecule has 0 aromatic heterocycles. The smallest absolute Gasteiger partial charge is 0.239 e. The summed E-state index contributed by atoms with van der Waals surface area (Å²) in [5.41, 5.74) is 2.24. The Labute approximate surface area is 130 Å². The summed E-state index contributed by atoms with van der Waals surface area (Å²) >= 11 is 3.48. The van der Waals surface area contributed by atoms with Crippen LogP contribution in [0.2, 0.25) is 0 Å². The molecule has 0 radical (unpaired) electrons. The van der Waals surface area contributed by atoms with Crippen LogP contribution >= 0.6 is 15.9 Å². The maximum atomic E-state index is 11.9. The molecule has 2 N–H and O–H groups in total. The first-order chi connectivity index (χ1) is 9.43. The average molecular weight is 342 g/mol. The molecule has 1 aromatic rings. The second-order valence-electron chi connectivity index (χ2n) is 5.36. The third-order valence-corrected chi connectivity index (χ3v) is 3.41. The van der Waals surface area contributed by atoms with Crippen LogP contribution in [0.5, 0.6) is 0 Å². The number of halogens is 1. The Kier molecular flexibility index (Phi) is 7.02. The first kappa shape index (κ1) is 17.0. The minimum atomic E-state index is 0.0524. The molecule has 0 saturated carbocycles. The molecule has 0 aliphatic rings. The minimum Gasteiger partial charge on any atom is -0.365 e. The lowest BCUT2D eigenvalue weighted by atomic mass is 10.1. The molecular formula is C15H24BrN3O. The van der Waals surface area contributed by atoms with Crippen molar-refractivity contribution in [2.45, 2.75) is 20.4 Å². The van der Waals surface area contributed by atoms with Crippen LogP contribution in [0.25, 0.3) is 0 Å². The molecule has 1 amide bonds. The molecule has 4 nitrogen and oxygen atoms in total. The Hall–Kier alpha value is -1.07. The highest BCUT2D eigenvalue weighted by Gasteiger charge is 2.11. The molecule has 1 aromatic carbocycles. The maximum absolute atomic E-state index is 11.9. The van der Waals surface area contributed by atoms with Gasteiger partial charge >= 0.3 is 0 Å². The zero-order chi connectivity index (χ0) is 15.1. The number of hydrogen-bond donors (Lipinski definition) is 2. The molecule has 5 heteroatoms. The summed E-state index contributed by atoms with van der Waals surface area (Å²) in [6, 6.07) is 6.13. The van der Waals surface area contributed by atoms with E-state index < -0.39 is 0 Å². The molecule has 0 fully saturated rings. The summed E-state index contributed by atoms with van der Waals surface area (Å²) in [5, 5.41) is 6.09. The molecule has 0 atom stereocenters. The van der Waals surface area contributed by atoms with E-state index in [9.17, 15) is 4.79 Å². The van der Waals surface area contributed by atoms with Crippen LogP contribution in [0.1, 0.15) is 19.4 Å². The first-order valence-corrected chi connectivity index (χ1v) is 7.64. The number of nitrogens with one attached hydrogen (secondary N) is 2. The SMILES string of the molecule is CNCc1ccc(Br)cc1N(C)CC(=O)NCC(C)C. The fourth-order valence-electron chi connectivity index (χ4n) is 1.91. The zero-order valence-electron chi connectivity index (χ0n) is 12.7. The van der Waals surface area contributed by atoms with Crippen LogP contribution in [0.15, 0.2) is 22.7 Å². The molecule has 0 aliphatic carbocycles. The predicted octanol–water partition coefficient (Wildman–Crippen LogP) is 2.38. The topological polar surface area (TPSA) is 44.4 Å². The van der Waals surface area contributed by atoms with E-state index in [1.165, 1.54) is 5.56 Å². The highest BCUT2D eigenvalue weighted by Crippen LogP contribution is 2.24. The van der Waals surface area contributed by atoms with Crippen molar-refractivity contribution in [3.63, 3.8) is 0 Å². The number of amides is 1. The van der Waals surface area contributed by atoms with E-state index in [1.54, 1.807) is 0 Å². The Bertz CT molecular complexity index is 449. The third kappa shape index (κ3) is 5.51. The lowest BCUT2D eigenvalue weighted by molar-refractivity contribution is -0.119. The van der Waals surface area contributed by atoms with Gasteiger partial charge in [0.15, 0.2) is 0 Å². The van der Waals surface area contributed by atoms with E-state index >= 15 is 0 Å². The number of carbonyl (C=O) groups excluding carboxylic acids is 1. The monoisotopic (exact) mass is 341 g/mol. The van der Waals surface area contributed by atoms with Crippen LogP contribution in [0.3, 0.4) is 0 Å². The number of hydrogen-bond acceptors (Lipinski definition) is 3. The molecule has 0 spiro atoms. The van der Waals surface area contributed by atoms with E-state index in [-0.39, 0.29) is 5.91 Å². The first-order valence-electron chi connectivity index (χ1n) is 6.85. The summed E-state index contributed by atoms with van der Waals surface area (Å²) in [5.74, 6) is 0.520. The van der Waals surface area contributed by atoms with Crippen molar-refractivity contribution >= 4 is 27.5 Å². The van der Waals surface area contributed by atoms with E-state index in [0.717, 1.165) is 16.7 Å². The summed E-state index contributed by atoms with van der Waals surface area (Å²) in [7, 11) is 3.86. The van der Waals surface area contributed by atoms with Crippen molar-refractivity contribution in [3.8, 4) is 0 Å². The lowest BCUT2D eigenvalue weighted by Gasteiger charge is -2.22. The number of rotatable bonds is 7. The number of benzene rings is 1. The van der Waals surface area contributed by atoms with Crippen LogP contribution in [-0.2, 0) is 11.3 Å². The zero-order valence-corrected chi connectivity index (χ0v) is 14.3. The van der Waals surface area contributed by atoms with Crippen LogP contribution < -0.4 is 15.5 Å². The van der Waals surface area contributed by atoms with Crippen LogP contribution in [-0.4, -0.2) is 33.1 Å². The normalized spacial score (nSPS) is 10.7. The van der Waals surface area contributed by atoms with Gasteiger partial charge in [-0.25, -0.2) is 0 Å². The molecule has 0 saturated heterocycles. The van der Waals surface area contributed by atoms with Gasteiger partial charge in [-0.15, -0.1) is 0 Å². The third-order valence-electron chi connectivity index (χ3n) is 2.91. The van der Waals surface area contributed by atoms with Crippen molar-refractivity contribution < 1.29 is 4.79 Å². The van der Waals surface area contributed by atoms with E-state index in [2.05, 4.69) is 46.5 Å². The molecule has 0 aliphatic heterocycles. The molecule has 112 valence electrons. The Morgan fingerprint density at radius 3 is 2.70 bits per heavy atom. The summed E-state index contributed by atoms with van der Waals surface area (Å²) in [6.07, 6.45) is 0. The molecule has 0 bridgehead atoms. The predicted molar refractivity (Wildman–Crippen MR) is 88.0 cm³/mol. The maximum Gasteiger partial charge on any atom is 0.239 e. The highest BCUT2D eigenvalue weighted by molar-refractivity contribution is 9.10. The molecule has 0 heterocycles. The van der Waals surface area contributed by atoms with Gasteiger partial charge in [-0.2, -0.15) is 0 Å². The van der Waals surface area contributed by atoms with Crippen molar-refractivity contribution in [3.05, 3.63) is 28.2 Å². The number of carbonyl (C=O) groups is 1. The fraction of sp³-hybridized carbons (Fsp3) is 0.533. The van der Waals surface area contributed by atoms with Gasteiger partial charge in [-0.1, -0.05) is 35.8 Å². The number of anilines is 1. The van der Waals surface area contributed by atoms with Crippen LogP contribution in [0.4, 0.5) is 5.69 Å². The average Bonchev–Trinajstić information content (AvgIpc) is 2.38. The standard InChI is InChI=1S/C15H24BrN3O/c1-11(2)8-18-15(20)10-19(4)14-7-13(16)6-5-12(14)9-17-3/h5-7,11,17H,8-10H2,1-4H3,(H,18,20). The van der Waals surface area contributed by atoms with Gasteiger partial charge in [0.25, 0.3) is 0 Å². The second kappa shape index (κ2) is 8.27. The van der Waals surface area contributed by atoms with E-state index in [1.807, 2.05) is 31.1 Å². The van der Waals surface area contributed by atoms with E-state index in [0.29, 0.717) is 19.0 Å². The molecular weight excluding hydrogens is 318 g/mol. The molecule has 20 heavy (non-hydrogen) atoms. The van der Waals surface area contributed by atoms with Gasteiger partial charge < -0.3 is 15.5 Å². The van der Waals surface area contributed by atoms with Crippen molar-refractivity contribution in [1.82, 2.24) is 10.6 Å². The quantitative estimate of drug-likeness (QED) is 0.800. The largest absolute Gasteiger partial charge is 0.365 e. The Morgan fingerprint density at radius 1 is 1.40 bits per heavy atom. The van der Waals surface area contributed by atoms with Gasteiger partial charge in [0.1, 0.15) is 0 Å². The Balaban J connectivity index is 2.73. The van der Waals surface area contributed by atoms with Gasteiger partial charge in [0.05, 0.1) is 6.54 Å². The minimum absolute atomic E-state index is 0.0524. The molecule has 0 unspecified atom stereocenters. The van der Waals surface area contributed by atoms with E-state index in [4.69, 9.17) is 0 Å². The number of nitrogens with zero attached hydrogens (tertiary/aromatic N) is 1. The fourth-order valence-corrected chi connectivity index (χ4v) is 2.26. The lowest BCUT2D eigenvalue weighted by Crippen LogP contribution is -2.37. The highest BCUT2D eigenvalue weighted by atomic mass is 79.9. The van der Waals surface area contributed by atoms with Gasteiger partial charge in [0.2, 0.25) is 5.91 Å².